The average Bonchev–Trinajstić information content (AvgIpc) is 2.45. The Balaban J connectivity index is 2.77. The molecule has 4 nitrogen and oxygen atoms in total. The lowest BCUT2D eigenvalue weighted by atomic mass is 10.2. The van der Waals surface area contributed by atoms with Gasteiger partial charge in [0.2, 0.25) is 0 Å². The monoisotopic (exact) mass is 227 g/mol. The number of phenols is 1. The van der Waals surface area contributed by atoms with Crippen molar-refractivity contribution in [1.29, 1.82) is 0 Å². The lowest BCUT2D eigenvalue weighted by molar-refractivity contribution is -0.384. The lowest BCUT2D eigenvalue weighted by Crippen LogP contribution is -1.86. The quantitative estimate of drug-likeness (QED) is 0.447. The summed E-state index contributed by atoms with van der Waals surface area (Å²) < 4.78 is 1.39. The van der Waals surface area contributed by atoms with Crippen molar-refractivity contribution in [3.63, 3.8) is 0 Å². The van der Waals surface area contributed by atoms with Crippen molar-refractivity contribution in [2.45, 2.75) is 4.21 Å². The molecule has 0 atom stereocenters. The summed E-state index contributed by atoms with van der Waals surface area (Å²) in [5.41, 5.74) is -0.106. The van der Waals surface area contributed by atoms with E-state index in [0.717, 1.165) is 10.3 Å². The van der Waals surface area contributed by atoms with Gasteiger partial charge in [-0.25, -0.2) is 0 Å². The fraction of sp³-hybridized carbons (Fsp3) is 0. The summed E-state index contributed by atoms with van der Waals surface area (Å²) in [6.07, 6.45) is 0. The molecular formula is C8H5NO3S2. The van der Waals surface area contributed by atoms with Gasteiger partial charge >= 0.3 is 0 Å². The number of thiophene rings is 1. The van der Waals surface area contributed by atoms with E-state index in [0.29, 0.717) is 10.1 Å². The first-order valence-corrected chi connectivity index (χ1v) is 4.94. The molecule has 0 saturated heterocycles. The molecule has 0 aliphatic heterocycles. The van der Waals surface area contributed by atoms with Crippen molar-refractivity contribution in [1.82, 2.24) is 0 Å². The van der Waals surface area contributed by atoms with Crippen LogP contribution < -0.4 is 0 Å². The van der Waals surface area contributed by atoms with Crippen LogP contribution in [0, 0.1) is 10.1 Å². The highest BCUT2D eigenvalue weighted by Crippen LogP contribution is 2.36. The second kappa shape index (κ2) is 3.14. The predicted octanol–water partition coefficient (Wildman–Crippen LogP) is 2.80. The van der Waals surface area contributed by atoms with Crippen molar-refractivity contribution < 1.29 is 10.0 Å². The van der Waals surface area contributed by atoms with E-state index in [1.165, 1.54) is 17.4 Å². The molecule has 0 amide bonds. The first-order chi connectivity index (χ1) is 6.58. The molecule has 1 aromatic carbocycles. The maximum atomic E-state index is 10.5. The van der Waals surface area contributed by atoms with Crippen molar-refractivity contribution in [2.24, 2.45) is 0 Å². The van der Waals surface area contributed by atoms with Gasteiger partial charge in [-0.2, -0.15) is 0 Å². The summed E-state index contributed by atoms with van der Waals surface area (Å²) in [7, 11) is 0. The lowest BCUT2D eigenvalue weighted by Gasteiger charge is -1.94. The molecule has 14 heavy (non-hydrogen) atoms. The molecule has 0 aliphatic rings. The van der Waals surface area contributed by atoms with E-state index in [-0.39, 0.29) is 11.4 Å². The van der Waals surface area contributed by atoms with Crippen LogP contribution in [0.15, 0.2) is 22.4 Å². The third-order valence-corrected chi connectivity index (χ3v) is 3.09. The Kier molecular flexibility index (Phi) is 2.09. The maximum absolute atomic E-state index is 10.5. The topological polar surface area (TPSA) is 63.4 Å². The molecule has 0 saturated carbocycles. The number of nitro benzene ring substituents is 1. The molecule has 72 valence electrons. The van der Waals surface area contributed by atoms with E-state index in [1.807, 2.05) is 0 Å². The summed E-state index contributed by atoms with van der Waals surface area (Å²) in [4.78, 5) is 9.95. The van der Waals surface area contributed by atoms with Gasteiger partial charge in [0.05, 0.1) is 15.2 Å². The highest BCUT2D eigenvalue weighted by molar-refractivity contribution is 7.83. The van der Waals surface area contributed by atoms with E-state index < -0.39 is 4.92 Å². The molecule has 0 unspecified atom stereocenters. The van der Waals surface area contributed by atoms with Gasteiger partial charge in [-0.1, -0.05) is 0 Å². The average molecular weight is 227 g/mol. The summed E-state index contributed by atoms with van der Waals surface area (Å²) in [5.74, 6) is -0.0780. The predicted molar refractivity (Wildman–Crippen MR) is 57.4 cm³/mol. The number of hydrogen-bond acceptors (Lipinski definition) is 5. The Morgan fingerprint density at radius 1 is 1.43 bits per heavy atom. The number of nitro groups is 1. The number of hydrogen-bond donors (Lipinski definition) is 2. The van der Waals surface area contributed by atoms with Crippen molar-refractivity contribution in [3.8, 4) is 5.75 Å². The van der Waals surface area contributed by atoms with Gasteiger partial charge in [-0.15, -0.1) is 24.0 Å². The smallest absolute Gasteiger partial charge is 0.274 e. The molecule has 1 heterocycles. The van der Waals surface area contributed by atoms with Gasteiger partial charge in [0.25, 0.3) is 5.69 Å². The van der Waals surface area contributed by atoms with Crippen LogP contribution in [0.25, 0.3) is 10.1 Å². The molecule has 0 spiro atoms. The molecule has 0 fully saturated rings. The van der Waals surface area contributed by atoms with E-state index in [4.69, 9.17) is 0 Å². The number of fused-ring (bicyclic) bond motifs is 1. The van der Waals surface area contributed by atoms with Gasteiger partial charge < -0.3 is 5.11 Å². The Hall–Kier alpha value is -1.27. The van der Waals surface area contributed by atoms with Crippen LogP contribution in [-0.4, -0.2) is 10.0 Å². The fourth-order valence-corrected chi connectivity index (χ4v) is 2.48. The van der Waals surface area contributed by atoms with Gasteiger partial charge in [0.1, 0.15) is 5.75 Å². The molecule has 0 radical (unpaired) electrons. The highest BCUT2D eigenvalue weighted by atomic mass is 32.2. The first kappa shape index (κ1) is 9.29. The van der Waals surface area contributed by atoms with Crippen LogP contribution in [0.1, 0.15) is 0 Å². The molecular weight excluding hydrogens is 222 g/mol. The van der Waals surface area contributed by atoms with Crippen LogP contribution in [0.3, 0.4) is 0 Å². The molecule has 0 bridgehead atoms. The molecule has 2 rings (SSSR count). The van der Waals surface area contributed by atoms with Gasteiger partial charge in [-0.05, 0) is 6.07 Å². The zero-order chi connectivity index (χ0) is 10.3. The van der Waals surface area contributed by atoms with E-state index >= 15 is 0 Å². The Bertz CT molecular complexity index is 521. The highest BCUT2D eigenvalue weighted by Gasteiger charge is 2.12. The first-order valence-electron chi connectivity index (χ1n) is 3.68. The van der Waals surface area contributed by atoms with Crippen LogP contribution in [0.2, 0.25) is 0 Å². The molecule has 0 aliphatic carbocycles. The van der Waals surface area contributed by atoms with E-state index in [1.54, 1.807) is 6.07 Å². The van der Waals surface area contributed by atoms with Crippen LogP contribution in [-0.2, 0) is 0 Å². The number of benzene rings is 1. The van der Waals surface area contributed by atoms with E-state index in [9.17, 15) is 15.2 Å². The minimum Gasteiger partial charge on any atom is -0.507 e. The summed E-state index contributed by atoms with van der Waals surface area (Å²) >= 11 is 5.41. The SMILES string of the molecule is O=[N+]([O-])c1cc(O)c2cc(S)sc2c1. The van der Waals surface area contributed by atoms with Crippen molar-refractivity contribution in [3.05, 3.63) is 28.3 Å². The molecule has 6 heteroatoms. The van der Waals surface area contributed by atoms with Gasteiger partial charge in [0, 0.05) is 16.2 Å². The maximum Gasteiger partial charge on any atom is 0.274 e. The Morgan fingerprint density at radius 3 is 2.79 bits per heavy atom. The summed E-state index contributed by atoms with van der Waals surface area (Å²) in [5, 5.41) is 20.6. The van der Waals surface area contributed by atoms with Gasteiger partial charge in [-0.3, -0.25) is 10.1 Å². The zero-order valence-electron chi connectivity index (χ0n) is 6.80. The normalized spacial score (nSPS) is 10.6. The zero-order valence-corrected chi connectivity index (χ0v) is 8.51. The third-order valence-electron chi connectivity index (χ3n) is 1.80. The molecule has 1 aromatic heterocycles. The van der Waals surface area contributed by atoms with Crippen molar-refractivity contribution >= 4 is 39.7 Å². The number of rotatable bonds is 1. The van der Waals surface area contributed by atoms with Crippen LogP contribution in [0.5, 0.6) is 5.75 Å². The standard InChI is InChI=1S/C8H5NO3S2/c10-6-1-4(9(11)12)2-7-5(6)3-8(13)14-7/h1-3,10,13H. The summed E-state index contributed by atoms with van der Waals surface area (Å²) in [6.45, 7) is 0. The van der Waals surface area contributed by atoms with Gasteiger partial charge in [0.15, 0.2) is 0 Å². The minimum absolute atomic E-state index is 0.0780. The number of non-ortho nitro benzene ring substituents is 1. The molecule has 1 N–H and O–H groups in total. The fourth-order valence-electron chi connectivity index (χ4n) is 1.20. The Morgan fingerprint density at radius 2 is 2.14 bits per heavy atom. The largest absolute Gasteiger partial charge is 0.507 e. The van der Waals surface area contributed by atoms with Crippen LogP contribution >= 0.6 is 24.0 Å². The Labute approximate surface area is 88.4 Å². The minimum atomic E-state index is -0.531. The third kappa shape index (κ3) is 1.42. The van der Waals surface area contributed by atoms with Crippen molar-refractivity contribution in [2.75, 3.05) is 0 Å². The number of thiol groups is 1. The second-order valence-corrected chi connectivity index (χ2v) is 4.59. The second-order valence-electron chi connectivity index (χ2n) is 2.72. The van der Waals surface area contributed by atoms with Crippen LogP contribution in [0.4, 0.5) is 5.69 Å². The number of phenolic OH excluding ortho intramolecular Hbond substituents is 1. The van der Waals surface area contributed by atoms with E-state index in [2.05, 4.69) is 12.6 Å². The summed E-state index contributed by atoms with van der Waals surface area (Å²) in [6, 6.07) is 4.25. The number of nitrogens with zero attached hydrogens (tertiary/aromatic N) is 1. The molecule has 2 aromatic rings. The number of aromatic hydroxyl groups is 1.